The summed E-state index contributed by atoms with van der Waals surface area (Å²) in [6, 6.07) is 5.65. The molecule has 1 aliphatic carbocycles. The number of hydrogen-bond donors (Lipinski definition) is 1. The molecular formula is C12H13N3O2. The second-order valence-corrected chi connectivity index (χ2v) is 4.22. The zero-order chi connectivity index (χ0) is 12.4. The molecule has 1 saturated carbocycles. The summed E-state index contributed by atoms with van der Waals surface area (Å²) in [5, 5.41) is 17.8. The van der Waals surface area contributed by atoms with Crippen LogP contribution in [0.2, 0.25) is 0 Å². The van der Waals surface area contributed by atoms with Crippen LogP contribution in [-0.4, -0.2) is 28.6 Å². The molecule has 0 unspecified atom stereocenters. The first-order valence-electron chi connectivity index (χ1n) is 5.47. The number of carboxylic acids is 1. The molecule has 0 aromatic carbocycles. The maximum Gasteiger partial charge on any atom is 0.323 e. The zero-order valence-electron chi connectivity index (χ0n) is 9.55. The monoisotopic (exact) mass is 231 g/mol. The summed E-state index contributed by atoms with van der Waals surface area (Å²) in [5.74, 6) is -0.287. The molecule has 0 bridgehead atoms. The summed E-state index contributed by atoms with van der Waals surface area (Å²) in [4.78, 5) is 16.9. The number of pyridine rings is 1. The third-order valence-electron chi connectivity index (χ3n) is 2.66. The van der Waals surface area contributed by atoms with Crippen LogP contribution in [0.25, 0.3) is 0 Å². The summed E-state index contributed by atoms with van der Waals surface area (Å²) in [6.45, 7) is 1.74. The average molecular weight is 231 g/mol. The molecule has 1 aromatic heterocycles. The molecule has 88 valence electrons. The van der Waals surface area contributed by atoms with Crippen molar-refractivity contribution >= 4 is 11.8 Å². The van der Waals surface area contributed by atoms with Gasteiger partial charge in [0, 0.05) is 11.7 Å². The molecule has 17 heavy (non-hydrogen) atoms. The van der Waals surface area contributed by atoms with Crippen molar-refractivity contribution in [3.63, 3.8) is 0 Å². The minimum absolute atomic E-state index is 0.0635. The van der Waals surface area contributed by atoms with Gasteiger partial charge in [-0.25, -0.2) is 4.98 Å². The molecule has 1 heterocycles. The van der Waals surface area contributed by atoms with Crippen molar-refractivity contribution in [3.8, 4) is 6.07 Å². The van der Waals surface area contributed by atoms with Gasteiger partial charge < -0.3 is 10.0 Å². The zero-order valence-corrected chi connectivity index (χ0v) is 9.55. The number of nitrogens with zero attached hydrogens (tertiary/aromatic N) is 3. The Bertz CT molecular complexity index is 489. The fourth-order valence-electron chi connectivity index (χ4n) is 1.79. The first-order chi connectivity index (χ1) is 8.10. The van der Waals surface area contributed by atoms with Gasteiger partial charge in [0.05, 0.1) is 11.6 Å². The maximum absolute atomic E-state index is 10.8. The van der Waals surface area contributed by atoms with Crippen molar-refractivity contribution < 1.29 is 9.90 Å². The van der Waals surface area contributed by atoms with Crippen LogP contribution >= 0.6 is 0 Å². The molecule has 1 fully saturated rings. The van der Waals surface area contributed by atoms with Crippen molar-refractivity contribution in [1.82, 2.24) is 4.98 Å². The van der Waals surface area contributed by atoms with Gasteiger partial charge in [-0.1, -0.05) is 0 Å². The summed E-state index contributed by atoms with van der Waals surface area (Å²) >= 11 is 0. The number of aryl methyl sites for hydroxylation is 1. The maximum atomic E-state index is 10.8. The Hall–Kier alpha value is -2.09. The van der Waals surface area contributed by atoms with Crippen molar-refractivity contribution in [3.05, 3.63) is 23.4 Å². The van der Waals surface area contributed by atoms with E-state index in [1.807, 2.05) is 0 Å². The molecule has 1 aliphatic rings. The number of anilines is 1. The van der Waals surface area contributed by atoms with E-state index in [0.717, 1.165) is 18.5 Å². The van der Waals surface area contributed by atoms with Gasteiger partial charge in [-0.2, -0.15) is 5.26 Å². The van der Waals surface area contributed by atoms with Gasteiger partial charge in [0.2, 0.25) is 0 Å². The van der Waals surface area contributed by atoms with Crippen LogP contribution in [0, 0.1) is 18.3 Å². The molecule has 5 nitrogen and oxygen atoms in total. The van der Waals surface area contributed by atoms with E-state index in [0.29, 0.717) is 11.4 Å². The Morgan fingerprint density at radius 3 is 2.88 bits per heavy atom. The highest BCUT2D eigenvalue weighted by atomic mass is 16.4. The summed E-state index contributed by atoms with van der Waals surface area (Å²) in [6.07, 6.45) is 1.98. The number of aliphatic carboxylic acids is 1. The van der Waals surface area contributed by atoms with Crippen LogP contribution in [0.4, 0.5) is 5.82 Å². The Morgan fingerprint density at radius 1 is 1.65 bits per heavy atom. The number of aromatic nitrogens is 1. The van der Waals surface area contributed by atoms with Crippen molar-refractivity contribution in [1.29, 1.82) is 5.26 Å². The third-order valence-corrected chi connectivity index (χ3v) is 2.66. The first-order valence-corrected chi connectivity index (χ1v) is 5.47. The lowest BCUT2D eigenvalue weighted by atomic mass is 10.2. The van der Waals surface area contributed by atoms with Gasteiger partial charge in [-0.15, -0.1) is 0 Å². The van der Waals surface area contributed by atoms with Gasteiger partial charge in [0.15, 0.2) is 0 Å². The van der Waals surface area contributed by atoms with E-state index in [9.17, 15) is 4.79 Å². The largest absolute Gasteiger partial charge is 0.480 e. The molecule has 0 saturated heterocycles. The highest BCUT2D eigenvalue weighted by molar-refractivity contribution is 5.73. The Labute approximate surface area is 99.3 Å². The normalized spacial score (nSPS) is 14.1. The third kappa shape index (κ3) is 2.72. The SMILES string of the molecule is Cc1cc(C#N)cc(N(CC(=O)O)C2CC2)n1. The molecule has 0 atom stereocenters. The molecule has 5 heteroatoms. The Balaban J connectivity index is 2.32. The Kier molecular flexibility index (Phi) is 2.96. The van der Waals surface area contributed by atoms with E-state index in [1.165, 1.54) is 0 Å². The highest BCUT2D eigenvalue weighted by Crippen LogP contribution is 2.30. The summed E-state index contributed by atoms with van der Waals surface area (Å²) in [7, 11) is 0. The molecule has 0 aliphatic heterocycles. The van der Waals surface area contributed by atoms with Crippen LogP contribution in [0.3, 0.4) is 0 Å². The Morgan fingerprint density at radius 2 is 2.35 bits per heavy atom. The number of carbonyl (C=O) groups is 1. The van der Waals surface area contributed by atoms with E-state index in [2.05, 4.69) is 11.1 Å². The van der Waals surface area contributed by atoms with Crippen LogP contribution < -0.4 is 4.90 Å². The van der Waals surface area contributed by atoms with E-state index in [-0.39, 0.29) is 12.6 Å². The van der Waals surface area contributed by atoms with E-state index < -0.39 is 5.97 Å². The lowest BCUT2D eigenvalue weighted by Gasteiger charge is -2.21. The predicted molar refractivity (Wildman–Crippen MR) is 61.7 cm³/mol. The lowest BCUT2D eigenvalue weighted by Crippen LogP contribution is -2.32. The van der Waals surface area contributed by atoms with Gasteiger partial charge in [-0.05, 0) is 31.9 Å². The number of carboxylic acid groups (broad SMARTS) is 1. The van der Waals surface area contributed by atoms with E-state index in [1.54, 1.807) is 24.0 Å². The smallest absolute Gasteiger partial charge is 0.323 e. The van der Waals surface area contributed by atoms with Crippen LogP contribution in [0.5, 0.6) is 0 Å². The number of rotatable bonds is 4. The minimum Gasteiger partial charge on any atom is -0.480 e. The van der Waals surface area contributed by atoms with Gasteiger partial charge in [-0.3, -0.25) is 4.79 Å². The van der Waals surface area contributed by atoms with Crippen molar-refractivity contribution in [2.24, 2.45) is 0 Å². The number of hydrogen-bond acceptors (Lipinski definition) is 4. The molecule has 2 rings (SSSR count). The average Bonchev–Trinajstić information content (AvgIpc) is 3.08. The standard InChI is InChI=1S/C12H13N3O2/c1-8-4-9(6-13)5-11(14-8)15(7-12(16)17)10-2-3-10/h4-5,10H,2-3,7H2,1H3,(H,16,17). The summed E-state index contributed by atoms with van der Waals surface area (Å²) < 4.78 is 0. The second-order valence-electron chi connectivity index (χ2n) is 4.22. The van der Waals surface area contributed by atoms with E-state index >= 15 is 0 Å². The van der Waals surface area contributed by atoms with Crippen molar-refractivity contribution in [2.45, 2.75) is 25.8 Å². The molecule has 0 amide bonds. The lowest BCUT2D eigenvalue weighted by molar-refractivity contribution is -0.135. The van der Waals surface area contributed by atoms with Crippen LogP contribution in [0.15, 0.2) is 12.1 Å². The minimum atomic E-state index is -0.876. The molecule has 0 spiro atoms. The topological polar surface area (TPSA) is 77.2 Å². The highest BCUT2D eigenvalue weighted by Gasteiger charge is 2.31. The molecular weight excluding hydrogens is 218 g/mol. The fourth-order valence-corrected chi connectivity index (χ4v) is 1.79. The molecule has 0 radical (unpaired) electrons. The molecule has 1 aromatic rings. The fraction of sp³-hybridized carbons (Fsp3) is 0.417. The molecule has 1 N–H and O–H groups in total. The second kappa shape index (κ2) is 4.42. The van der Waals surface area contributed by atoms with Gasteiger partial charge >= 0.3 is 5.97 Å². The number of nitriles is 1. The van der Waals surface area contributed by atoms with Crippen LogP contribution in [0.1, 0.15) is 24.1 Å². The van der Waals surface area contributed by atoms with Gasteiger partial charge in [0.1, 0.15) is 12.4 Å². The van der Waals surface area contributed by atoms with Crippen LogP contribution in [-0.2, 0) is 4.79 Å². The predicted octanol–water partition coefficient (Wildman–Crippen LogP) is 1.32. The van der Waals surface area contributed by atoms with Gasteiger partial charge in [0.25, 0.3) is 0 Å². The van der Waals surface area contributed by atoms with E-state index in [4.69, 9.17) is 10.4 Å². The quantitative estimate of drug-likeness (QED) is 0.845. The summed E-state index contributed by atoms with van der Waals surface area (Å²) in [5.41, 5.74) is 1.25. The first kappa shape index (κ1) is 11.4. The van der Waals surface area contributed by atoms with Crippen molar-refractivity contribution in [2.75, 3.05) is 11.4 Å².